The lowest BCUT2D eigenvalue weighted by molar-refractivity contribution is -0.146. The van der Waals surface area contributed by atoms with Crippen LogP contribution in [0.4, 0.5) is 5.13 Å². The van der Waals surface area contributed by atoms with Crippen LogP contribution in [0.25, 0.3) is 11.5 Å². The summed E-state index contributed by atoms with van der Waals surface area (Å²) in [4.78, 5) is 18.7. The van der Waals surface area contributed by atoms with E-state index in [1.165, 1.54) is 7.11 Å². The molecule has 9 heteroatoms. The van der Waals surface area contributed by atoms with Crippen LogP contribution >= 0.6 is 11.3 Å². The van der Waals surface area contributed by atoms with E-state index in [1.54, 1.807) is 11.3 Å². The number of rotatable bonds is 3. The van der Waals surface area contributed by atoms with Gasteiger partial charge in [0.2, 0.25) is 0 Å². The summed E-state index contributed by atoms with van der Waals surface area (Å²) < 4.78 is 12.3. The maximum atomic E-state index is 11.7. The second kappa shape index (κ2) is 6.48. The highest BCUT2D eigenvalue weighted by Gasteiger charge is 2.29. The molecule has 2 aliphatic rings. The number of carbonyl (C=O) groups is 1. The minimum absolute atomic E-state index is 0.126. The smallest absolute Gasteiger partial charge is 0.309 e. The predicted octanol–water partition coefficient (Wildman–Crippen LogP) is 0.974. The van der Waals surface area contributed by atoms with Gasteiger partial charge in [-0.25, -0.2) is 4.98 Å². The minimum atomic E-state index is -0.172. The third kappa shape index (κ3) is 2.78. The maximum Gasteiger partial charge on any atom is 0.309 e. The molecule has 2 aromatic rings. The molecule has 128 valence electrons. The summed E-state index contributed by atoms with van der Waals surface area (Å²) in [6.45, 7) is 3.92. The summed E-state index contributed by atoms with van der Waals surface area (Å²) in [6, 6.07) is 0. The first kappa shape index (κ1) is 15.5. The van der Waals surface area contributed by atoms with Crippen LogP contribution in [-0.4, -0.2) is 59.1 Å². The molecule has 24 heavy (non-hydrogen) atoms. The number of hydrogen-bond acceptors (Lipinski definition) is 8. The van der Waals surface area contributed by atoms with E-state index < -0.39 is 0 Å². The number of methoxy groups -OCH3 is 1. The van der Waals surface area contributed by atoms with Crippen LogP contribution in [0.2, 0.25) is 0 Å². The Labute approximate surface area is 143 Å². The highest BCUT2D eigenvalue weighted by Crippen LogP contribution is 2.30. The fourth-order valence-electron chi connectivity index (χ4n) is 3.15. The normalized spacial score (nSPS) is 20.7. The van der Waals surface area contributed by atoms with Crippen LogP contribution < -0.4 is 4.90 Å². The third-order valence-corrected chi connectivity index (χ3v) is 5.40. The van der Waals surface area contributed by atoms with Gasteiger partial charge in [-0.05, 0) is 6.42 Å². The van der Waals surface area contributed by atoms with Crippen molar-refractivity contribution in [3.05, 3.63) is 11.2 Å². The van der Waals surface area contributed by atoms with Crippen molar-refractivity contribution < 1.29 is 14.3 Å². The summed E-state index contributed by atoms with van der Waals surface area (Å²) in [5.41, 5.74) is 0.844. The largest absolute Gasteiger partial charge is 0.469 e. The predicted molar refractivity (Wildman–Crippen MR) is 88.0 cm³/mol. The number of carbonyl (C=O) groups excluding carboxylic acids is 1. The van der Waals surface area contributed by atoms with Crippen LogP contribution in [0, 0.1) is 5.92 Å². The van der Waals surface area contributed by atoms with E-state index in [0.717, 1.165) is 55.2 Å². The Morgan fingerprint density at radius 2 is 2.17 bits per heavy atom. The standard InChI is InChI=1S/C15H19N5O3S/c1-22-14(21)10-2-3-20-12(8-10)17-18-13(20)11-9-24-15(16-11)19-4-6-23-7-5-19/h9-10H,2-8H2,1H3. The zero-order valence-electron chi connectivity index (χ0n) is 13.5. The van der Waals surface area contributed by atoms with E-state index in [2.05, 4.69) is 19.7 Å². The lowest BCUT2D eigenvalue weighted by atomic mass is 9.98. The molecule has 0 amide bonds. The van der Waals surface area contributed by atoms with E-state index in [-0.39, 0.29) is 11.9 Å². The average molecular weight is 349 g/mol. The topological polar surface area (TPSA) is 82.4 Å². The molecule has 4 rings (SSSR count). The number of anilines is 1. The molecule has 0 radical (unpaired) electrons. The lowest BCUT2D eigenvalue weighted by Gasteiger charge is -2.26. The fraction of sp³-hybridized carbons (Fsp3) is 0.600. The van der Waals surface area contributed by atoms with Gasteiger partial charge in [-0.2, -0.15) is 0 Å². The first-order chi connectivity index (χ1) is 11.8. The summed E-state index contributed by atoms with van der Waals surface area (Å²) >= 11 is 1.62. The molecule has 0 bridgehead atoms. The number of esters is 1. The zero-order chi connectivity index (χ0) is 16.5. The van der Waals surface area contributed by atoms with Gasteiger partial charge in [-0.15, -0.1) is 21.5 Å². The Kier molecular flexibility index (Phi) is 4.19. The lowest BCUT2D eigenvalue weighted by Crippen LogP contribution is -2.36. The van der Waals surface area contributed by atoms with Crippen molar-refractivity contribution in [3.8, 4) is 11.5 Å². The van der Waals surface area contributed by atoms with Gasteiger partial charge in [0.1, 0.15) is 11.5 Å². The van der Waals surface area contributed by atoms with E-state index in [1.807, 2.05) is 5.38 Å². The van der Waals surface area contributed by atoms with Crippen molar-refractivity contribution in [2.24, 2.45) is 5.92 Å². The van der Waals surface area contributed by atoms with Crippen molar-refractivity contribution in [3.63, 3.8) is 0 Å². The highest BCUT2D eigenvalue weighted by atomic mass is 32.1. The van der Waals surface area contributed by atoms with Crippen molar-refractivity contribution in [2.75, 3.05) is 38.3 Å². The number of thiazole rings is 1. The maximum absolute atomic E-state index is 11.7. The third-order valence-electron chi connectivity index (χ3n) is 4.49. The minimum Gasteiger partial charge on any atom is -0.469 e. The van der Waals surface area contributed by atoms with E-state index >= 15 is 0 Å². The van der Waals surface area contributed by atoms with Gasteiger partial charge in [-0.3, -0.25) is 4.79 Å². The van der Waals surface area contributed by atoms with E-state index in [0.29, 0.717) is 13.0 Å². The van der Waals surface area contributed by atoms with Crippen LogP contribution in [0.1, 0.15) is 12.2 Å². The molecule has 8 nitrogen and oxygen atoms in total. The first-order valence-electron chi connectivity index (χ1n) is 8.05. The van der Waals surface area contributed by atoms with Gasteiger partial charge in [0.05, 0.1) is 26.2 Å². The molecule has 1 fully saturated rings. The van der Waals surface area contributed by atoms with Gasteiger partial charge in [0.25, 0.3) is 0 Å². The molecule has 0 aliphatic carbocycles. The Morgan fingerprint density at radius 3 is 2.96 bits per heavy atom. The first-order valence-corrected chi connectivity index (χ1v) is 8.92. The Morgan fingerprint density at radius 1 is 1.33 bits per heavy atom. The molecule has 1 atom stereocenters. The SMILES string of the molecule is COC(=O)C1CCn2c(nnc2-c2csc(N3CCOCC3)n2)C1. The van der Waals surface area contributed by atoms with E-state index in [9.17, 15) is 4.79 Å². The number of morpholine rings is 1. The Hall–Kier alpha value is -2.00. The monoisotopic (exact) mass is 349 g/mol. The van der Waals surface area contributed by atoms with Crippen molar-refractivity contribution >= 4 is 22.4 Å². The van der Waals surface area contributed by atoms with Gasteiger partial charge in [0.15, 0.2) is 11.0 Å². The number of hydrogen-bond donors (Lipinski definition) is 0. The van der Waals surface area contributed by atoms with Gasteiger partial charge in [-0.1, -0.05) is 0 Å². The Balaban J connectivity index is 1.55. The fourth-order valence-corrected chi connectivity index (χ4v) is 4.01. The molecule has 0 aromatic carbocycles. The molecule has 0 N–H and O–H groups in total. The summed E-state index contributed by atoms with van der Waals surface area (Å²) in [6.07, 6.45) is 1.31. The average Bonchev–Trinajstić information content (AvgIpc) is 3.28. The molecule has 0 saturated carbocycles. The Bertz CT molecular complexity index is 737. The highest BCUT2D eigenvalue weighted by molar-refractivity contribution is 7.14. The molecule has 1 saturated heterocycles. The van der Waals surface area contributed by atoms with Gasteiger partial charge in [0, 0.05) is 31.4 Å². The summed E-state index contributed by atoms with van der Waals surface area (Å²) in [7, 11) is 1.43. The van der Waals surface area contributed by atoms with Crippen molar-refractivity contribution in [2.45, 2.75) is 19.4 Å². The van der Waals surface area contributed by atoms with Crippen molar-refractivity contribution in [1.29, 1.82) is 0 Å². The van der Waals surface area contributed by atoms with Crippen LogP contribution in [0.3, 0.4) is 0 Å². The summed E-state index contributed by atoms with van der Waals surface area (Å²) in [5.74, 6) is 1.31. The molecular weight excluding hydrogens is 330 g/mol. The number of fused-ring (bicyclic) bond motifs is 1. The van der Waals surface area contributed by atoms with Crippen molar-refractivity contribution in [1.82, 2.24) is 19.7 Å². The molecule has 2 aliphatic heterocycles. The molecule has 4 heterocycles. The quantitative estimate of drug-likeness (QED) is 0.764. The van der Waals surface area contributed by atoms with Crippen LogP contribution in [0.15, 0.2) is 5.38 Å². The number of ether oxygens (including phenoxy) is 2. The number of aromatic nitrogens is 4. The molecule has 1 unspecified atom stereocenters. The molecular formula is C15H19N5O3S. The van der Waals surface area contributed by atoms with Crippen LogP contribution in [0.5, 0.6) is 0 Å². The van der Waals surface area contributed by atoms with E-state index in [4.69, 9.17) is 14.5 Å². The van der Waals surface area contributed by atoms with Gasteiger partial charge < -0.3 is 18.9 Å². The molecule has 2 aromatic heterocycles. The molecule has 0 spiro atoms. The van der Waals surface area contributed by atoms with Gasteiger partial charge >= 0.3 is 5.97 Å². The second-order valence-electron chi connectivity index (χ2n) is 5.92. The zero-order valence-corrected chi connectivity index (χ0v) is 14.3. The summed E-state index contributed by atoms with van der Waals surface area (Å²) in [5, 5.41) is 11.6. The van der Waals surface area contributed by atoms with Crippen LogP contribution in [-0.2, 0) is 27.2 Å². The second-order valence-corrected chi connectivity index (χ2v) is 6.76. The number of nitrogens with zero attached hydrogens (tertiary/aromatic N) is 5.